The highest BCUT2D eigenvalue weighted by Gasteiger charge is 2.49. The van der Waals surface area contributed by atoms with E-state index in [0.717, 1.165) is 29.7 Å². The molecule has 2 aliphatic rings. The Hall–Kier alpha value is -1.34. The van der Waals surface area contributed by atoms with Gasteiger partial charge in [0.05, 0.1) is 17.5 Å². The molecule has 0 aromatic heterocycles. The molecular formula is C19H26N2O3S2. The number of nitrogens with zero attached hydrogens (tertiary/aromatic N) is 2. The van der Waals surface area contributed by atoms with Gasteiger partial charge in [0.2, 0.25) is 0 Å². The Kier molecular flexibility index (Phi) is 5.49. The van der Waals surface area contributed by atoms with Gasteiger partial charge in [-0.1, -0.05) is 31.7 Å². The summed E-state index contributed by atoms with van der Waals surface area (Å²) < 4.78 is 24.3. The Morgan fingerprint density at radius 3 is 2.38 bits per heavy atom. The summed E-state index contributed by atoms with van der Waals surface area (Å²) in [5.74, 6) is 0.0978. The molecule has 5 nitrogen and oxygen atoms in total. The number of anilines is 1. The van der Waals surface area contributed by atoms with E-state index in [9.17, 15) is 13.2 Å². The highest BCUT2D eigenvalue weighted by molar-refractivity contribution is 8.16. The number of carbonyl (C=O) groups is 1. The fraction of sp³-hybridized carbons (Fsp3) is 0.579. The molecule has 2 heterocycles. The van der Waals surface area contributed by atoms with Crippen molar-refractivity contribution >= 4 is 38.4 Å². The number of sulfone groups is 1. The molecule has 0 bridgehead atoms. The number of hydrogen-bond donors (Lipinski definition) is 0. The lowest BCUT2D eigenvalue weighted by molar-refractivity contribution is -0.121. The number of hydrogen-bond acceptors (Lipinski definition) is 4. The summed E-state index contributed by atoms with van der Waals surface area (Å²) in [6.45, 7) is 8.04. The number of aliphatic imine (C=N–C) groups is 1. The molecule has 0 N–H and O–H groups in total. The van der Waals surface area contributed by atoms with Gasteiger partial charge in [-0.15, -0.1) is 0 Å². The minimum absolute atomic E-state index is 0.0610. The summed E-state index contributed by atoms with van der Waals surface area (Å²) >= 11 is 1.44. The average Bonchev–Trinajstić information content (AvgIpc) is 2.98. The fourth-order valence-electron chi connectivity index (χ4n) is 3.78. The summed E-state index contributed by atoms with van der Waals surface area (Å²) in [6.07, 6.45) is 1.53. The zero-order valence-corrected chi connectivity index (χ0v) is 17.4. The Morgan fingerprint density at radius 2 is 1.81 bits per heavy atom. The number of fused-ring (bicyclic) bond motifs is 1. The van der Waals surface area contributed by atoms with Gasteiger partial charge in [0.25, 0.3) is 5.91 Å². The lowest BCUT2D eigenvalue weighted by Gasteiger charge is -2.25. The van der Waals surface area contributed by atoms with Crippen LogP contribution in [0.4, 0.5) is 5.69 Å². The standard InChI is InChI=1S/C19H26N2O3S2/c1-5-14(6-2)18(22)20-19-21(15-8-12(3)7-13(4)9-15)16-10-26(23,24)11-17(16)25-19/h7-9,14,16-17H,5-6,10-11H2,1-4H3/t16-,17+/m1/s1. The average molecular weight is 395 g/mol. The molecule has 3 rings (SSSR count). The molecule has 26 heavy (non-hydrogen) atoms. The van der Waals surface area contributed by atoms with Crippen LogP contribution in [0.5, 0.6) is 0 Å². The minimum Gasteiger partial charge on any atom is -0.316 e. The predicted molar refractivity (Wildman–Crippen MR) is 109 cm³/mol. The number of aryl methyl sites for hydroxylation is 2. The predicted octanol–water partition coefficient (Wildman–Crippen LogP) is 3.34. The van der Waals surface area contributed by atoms with Crippen molar-refractivity contribution in [3.8, 4) is 0 Å². The van der Waals surface area contributed by atoms with E-state index in [-0.39, 0.29) is 34.6 Å². The maximum absolute atomic E-state index is 12.6. The summed E-state index contributed by atoms with van der Waals surface area (Å²) in [6, 6.07) is 6.01. The first-order valence-corrected chi connectivity index (χ1v) is 11.8. The van der Waals surface area contributed by atoms with Crippen LogP contribution in [0.2, 0.25) is 0 Å². The van der Waals surface area contributed by atoms with Crippen LogP contribution < -0.4 is 4.90 Å². The smallest absolute Gasteiger partial charge is 0.251 e. The molecule has 2 atom stereocenters. The van der Waals surface area contributed by atoms with Gasteiger partial charge in [0.15, 0.2) is 15.0 Å². The molecule has 0 aliphatic carbocycles. The van der Waals surface area contributed by atoms with Gasteiger partial charge in [-0.2, -0.15) is 4.99 Å². The Bertz CT molecular complexity index is 824. The lowest BCUT2D eigenvalue weighted by atomic mass is 10.0. The van der Waals surface area contributed by atoms with Crippen molar-refractivity contribution in [1.82, 2.24) is 0 Å². The molecule has 0 radical (unpaired) electrons. The van der Waals surface area contributed by atoms with Crippen LogP contribution in [-0.4, -0.2) is 42.3 Å². The minimum atomic E-state index is -3.05. The molecule has 1 amide bonds. The quantitative estimate of drug-likeness (QED) is 0.783. The summed E-state index contributed by atoms with van der Waals surface area (Å²) in [5.41, 5.74) is 3.15. The highest BCUT2D eigenvalue weighted by atomic mass is 32.2. The number of amides is 1. The van der Waals surface area contributed by atoms with Crippen LogP contribution in [0.1, 0.15) is 37.8 Å². The number of carbonyl (C=O) groups excluding carboxylic acids is 1. The van der Waals surface area contributed by atoms with Gasteiger partial charge in [-0.05, 0) is 49.9 Å². The van der Waals surface area contributed by atoms with E-state index in [4.69, 9.17) is 0 Å². The summed E-state index contributed by atoms with van der Waals surface area (Å²) in [7, 11) is -3.05. The van der Waals surface area contributed by atoms with Crippen LogP contribution in [-0.2, 0) is 14.6 Å². The second kappa shape index (κ2) is 7.35. The van der Waals surface area contributed by atoms with Gasteiger partial charge in [0, 0.05) is 16.9 Å². The van der Waals surface area contributed by atoms with Crippen LogP contribution in [0, 0.1) is 19.8 Å². The zero-order chi connectivity index (χ0) is 19.1. The van der Waals surface area contributed by atoms with Crippen LogP contribution >= 0.6 is 11.8 Å². The second-order valence-corrected chi connectivity index (χ2v) is 10.6. The summed E-state index contributed by atoms with van der Waals surface area (Å²) in [5, 5.41) is 0.589. The van der Waals surface area contributed by atoms with Gasteiger partial charge < -0.3 is 4.90 Å². The molecule has 0 saturated carbocycles. The number of benzene rings is 1. The van der Waals surface area contributed by atoms with E-state index >= 15 is 0 Å². The third-order valence-corrected chi connectivity index (χ3v) is 8.30. The van der Waals surface area contributed by atoms with E-state index in [1.807, 2.05) is 44.7 Å². The van der Waals surface area contributed by atoms with Gasteiger partial charge in [-0.3, -0.25) is 4.79 Å². The van der Waals surface area contributed by atoms with Gasteiger partial charge >= 0.3 is 0 Å². The van der Waals surface area contributed by atoms with Crippen molar-refractivity contribution in [2.75, 3.05) is 16.4 Å². The van der Waals surface area contributed by atoms with Crippen LogP contribution in [0.15, 0.2) is 23.2 Å². The Labute approximate surface area is 160 Å². The third-order valence-electron chi connectivity index (χ3n) is 5.09. The van der Waals surface area contributed by atoms with Crippen molar-refractivity contribution in [3.05, 3.63) is 29.3 Å². The van der Waals surface area contributed by atoms with Crippen LogP contribution in [0.3, 0.4) is 0 Å². The molecule has 0 spiro atoms. The second-order valence-electron chi connectivity index (χ2n) is 7.26. The largest absolute Gasteiger partial charge is 0.316 e. The molecule has 1 aromatic carbocycles. The molecule has 2 saturated heterocycles. The number of amidine groups is 1. The topological polar surface area (TPSA) is 66.8 Å². The van der Waals surface area contributed by atoms with E-state index in [0.29, 0.717) is 5.17 Å². The summed E-state index contributed by atoms with van der Waals surface area (Å²) in [4.78, 5) is 19.0. The SMILES string of the molecule is CCC(CC)C(=O)N=C1S[C@H]2CS(=O)(=O)C[C@H]2N1c1cc(C)cc(C)c1. The monoisotopic (exact) mass is 394 g/mol. The maximum atomic E-state index is 12.6. The first-order valence-electron chi connectivity index (χ1n) is 9.11. The van der Waals surface area contributed by atoms with Crippen LogP contribution in [0.25, 0.3) is 0 Å². The third kappa shape index (κ3) is 3.83. The maximum Gasteiger partial charge on any atom is 0.251 e. The molecule has 2 fully saturated rings. The van der Waals surface area contributed by atoms with Gasteiger partial charge in [0.1, 0.15) is 0 Å². The van der Waals surface area contributed by atoms with Gasteiger partial charge in [-0.25, -0.2) is 8.42 Å². The van der Waals surface area contributed by atoms with Crippen molar-refractivity contribution in [2.45, 2.75) is 51.8 Å². The van der Waals surface area contributed by atoms with Crippen molar-refractivity contribution in [3.63, 3.8) is 0 Å². The molecule has 142 valence electrons. The van der Waals surface area contributed by atoms with E-state index in [2.05, 4.69) is 11.1 Å². The fourth-order valence-corrected chi connectivity index (χ4v) is 7.70. The highest BCUT2D eigenvalue weighted by Crippen LogP contribution is 2.41. The Balaban J connectivity index is 2.02. The first kappa shape index (κ1) is 19.4. The van der Waals surface area contributed by atoms with E-state index in [1.54, 1.807) is 0 Å². The van der Waals surface area contributed by atoms with Crippen molar-refractivity contribution in [1.29, 1.82) is 0 Å². The molecular weight excluding hydrogens is 368 g/mol. The lowest BCUT2D eigenvalue weighted by Crippen LogP contribution is -2.38. The first-order chi connectivity index (χ1) is 12.2. The van der Waals surface area contributed by atoms with Crippen molar-refractivity contribution < 1.29 is 13.2 Å². The molecule has 0 unspecified atom stereocenters. The molecule has 7 heteroatoms. The molecule has 2 aliphatic heterocycles. The van der Waals surface area contributed by atoms with E-state index < -0.39 is 9.84 Å². The zero-order valence-electron chi connectivity index (χ0n) is 15.7. The Morgan fingerprint density at radius 1 is 1.19 bits per heavy atom. The number of rotatable bonds is 4. The normalized spacial score (nSPS) is 25.9. The number of thioether (sulfide) groups is 1. The van der Waals surface area contributed by atoms with Crippen molar-refractivity contribution in [2.24, 2.45) is 10.9 Å². The molecule has 1 aromatic rings. The van der Waals surface area contributed by atoms with E-state index in [1.165, 1.54) is 11.8 Å².